The van der Waals surface area contributed by atoms with Gasteiger partial charge >= 0.3 is 0 Å². The van der Waals surface area contributed by atoms with Crippen molar-refractivity contribution in [1.29, 1.82) is 0 Å². The monoisotopic (exact) mass is 350 g/mol. The number of nitrogens with zero attached hydrogens (tertiary/aromatic N) is 3. The molecule has 1 heterocycles. The van der Waals surface area contributed by atoms with Crippen LogP contribution in [0.5, 0.6) is 0 Å². The van der Waals surface area contributed by atoms with E-state index in [1.54, 1.807) is 31.0 Å². The molecule has 1 amide bonds. The molecule has 0 aliphatic rings. The lowest BCUT2D eigenvalue weighted by molar-refractivity contribution is 0.0821. The van der Waals surface area contributed by atoms with Crippen LogP contribution in [0.1, 0.15) is 29.0 Å². The third kappa shape index (κ3) is 3.33. The predicted molar refractivity (Wildman–Crippen MR) is 86.8 cm³/mol. The maximum absolute atomic E-state index is 11.9. The van der Waals surface area contributed by atoms with Crippen molar-refractivity contribution in [2.75, 3.05) is 21.1 Å². The van der Waals surface area contributed by atoms with Crippen LogP contribution in [-0.4, -0.2) is 41.7 Å². The molecule has 0 aliphatic heterocycles. The number of carbonyl (C=O) groups excluding carboxylic acids is 1. The number of hydrogen-bond donors (Lipinski definition) is 1. The fourth-order valence-corrected chi connectivity index (χ4v) is 2.52. The molecule has 2 aromatic rings. The minimum absolute atomic E-state index is 0.106. The Morgan fingerprint density at radius 2 is 2.10 bits per heavy atom. The van der Waals surface area contributed by atoms with Gasteiger partial charge in [-0.15, -0.1) is 0 Å². The van der Waals surface area contributed by atoms with Crippen LogP contribution in [-0.2, 0) is 0 Å². The Kier molecular flexibility index (Phi) is 4.80. The highest BCUT2D eigenvalue weighted by atomic mass is 79.9. The first kappa shape index (κ1) is 15.7. The van der Waals surface area contributed by atoms with E-state index in [4.69, 9.17) is 0 Å². The number of amides is 1. The minimum Gasteiger partial charge on any atom is -0.343 e. The smallest absolute Gasteiger partial charge is 0.273 e. The Bertz CT molecular complexity index is 651. The molecular formula is C15H19BrN4O. The second-order valence-electron chi connectivity index (χ2n) is 5.07. The van der Waals surface area contributed by atoms with Crippen LogP contribution in [0.25, 0.3) is 5.69 Å². The Morgan fingerprint density at radius 3 is 2.67 bits per heavy atom. The molecule has 1 aromatic carbocycles. The summed E-state index contributed by atoms with van der Waals surface area (Å²) in [5.74, 6) is -0.106. The molecule has 0 saturated carbocycles. The normalized spacial score (nSPS) is 12.2. The molecular weight excluding hydrogens is 332 g/mol. The molecule has 1 N–H and O–H groups in total. The van der Waals surface area contributed by atoms with Crippen LogP contribution in [0.4, 0.5) is 0 Å². The maximum atomic E-state index is 11.9. The van der Waals surface area contributed by atoms with Gasteiger partial charge in [-0.25, -0.2) is 4.68 Å². The molecule has 0 saturated heterocycles. The molecule has 0 spiro atoms. The van der Waals surface area contributed by atoms with Gasteiger partial charge in [-0.2, -0.15) is 5.10 Å². The summed E-state index contributed by atoms with van der Waals surface area (Å²) in [6.07, 6.45) is 1.79. The van der Waals surface area contributed by atoms with Gasteiger partial charge in [0, 0.05) is 30.8 Å². The average Bonchev–Trinajstić information content (AvgIpc) is 2.94. The van der Waals surface area contributed by atoms with E-state index >= 15 is 0 Å². The zero-order valence-electron chi connectivity index (χ0n) is 12.6. The largest absolute Gasteiger partial charge is 0.343 e. The van der Waals surface area contributed by atoms with Crippen molar-refractivity contribution < 1.29 is 4.79 Å². The summed E-state index contributed by atoms with van der Waals surface area (Å²) in [7, 11) is 5.36. The second kappa shape index (κ2) is 6.41. The fourth-order valence-electron chi connectivity index (χ4n) is 1.95. The van der Waals surface area contributed by atoms with Gasteiger partial charge in [-0.05, 0) is 53.7 Å². The van der Waals surface area contributed by atoms with Crippen molar-refractivity contribution >= 4 is 21.8 Å². The predicted octanol–water partition coefficient (Wildman–Crippen LogP) is 2.62. The highest BCUT2D eigenvalue weighted by Gasteiger charge is 2.13. The SMILES string of the molecule is CNC(C)c1ccc(-n2ccc(C(=O)N(C)C)n2)c(Br)c1. The highest BCUT2D eigenvalue weighted by molar-refractivity contribution is 9.10. The van der Waals surface area contributed by atoms with Gasteiger partial charge in [0.1, 0.15) is 0 Å². The van der Waals surface area contributed by atoms with Gasteiger partial charge in [0.15, 0.2) is 5.69 Å². The second-order valence-corrected chi connectivity index (χ2v) is 5.92. The van der Waals surface area contributed by atoms with E-state index < -0.39 is 0 Å². The molecule has 0 bridgehead atoms. The first-order valence-corrected chi connectivity index (χ1v) is 7.47. The molecule has 5 nitrogen and oxygen atoms in total. The Hall–Kier alpha value is -1.66. The minimum atomic E-state index is -0.106. The van der Waals surface area contributed by atoms with Crippen molar-refractivity contribution in [2.24, 2.45) is 0 Å². The van der Waals surface area contributed by atoms with Crippen LogP contribution >= 0.6 is 15.9 Å². The van der Waals surface area contributed by atoms with Crippen LogP contribution < -0.4 is 5.32 Å². The van der Waals surface area contributed by atoms with Gasteiger partial charge in [0.2, 0.25) is 0 Å². The van der Waals surface area contributed by atoms with E-state index in [-0.39, 0.29) is 11.9 Å². The quantitative estimate of drug-likeness (QED) is 0.921. The average molecular weight is 351 g/mol. The van der Waals surface area contributed by atoms with Gasteiger partial charge < -0.3 is 10.2 Å². The van der Waals surface area contributed by atoms with Crippen molar-refractivity contribution in [1.82, 2.24) is 20.0 Å². The van der Waals surface area contributed by atoms with E-state index in [0.29, 0.717) is 5.69 Å². The summed E-state index contributed by atoms with van der Waals surface area (Å²) >= 11 is 3.57. The lowest BCUT2D eigenvalue weighted by Gasteiger charge is -2.13. The van der Waals surface area contributed by atoms with Crippen molar-refractivity contribution in [2.45, 2.75) is 13.0 Å². The Balaban J connectivity index is 2.33. The van der Waals surface area contributed by atoms with Crippen molar-refractivity contribution in [3.63, 3.8) is 0 Å². The molecule has 0 fully saturated rings. The number of aromatic nitrogens is 2. The lowest BCUT2D eigenvalue weighted by atomic mass is 10.1. The molecule has 6 heteroatoms. The molecule has 0 radical (unpaired) electrons. The molecule has 1 unspecified atom stereocenters. The molecule has 21 heavy (non-hydrogen) atoms. The number of nitrogens with one attached hydrogen (secondary N) is 1. The lowest BCUT2D eigenvalue weighted by Crippen LogP contribution is -2.22. The van der Waals surface area contributed by atoms with E-state index in [1.165, 1.54) is 10.5 Å². The number of carbonyl (C=O) groups is 1. The van der Waals surface area contributed by atoms with Crippen molar-refractivity contribution in [3.05, 3.63) is 46.2 Å². The number of benzene rings is 1. The molecule has 1 atom stereocenters. The first-order chi connectivity index (χ1) is 9.93. The summed E-state index contributed by atoms with van der Waals surface area (Å²) in [6.45, 7) is 2.10. The van der Waals surface area contributed by atoms with Crippen LogP contribution in [0, 0.1) is 0 Å². The zero-order valence-corrected chi connectivity index (χ0v) is 14.2. The summed E-state index contributed by atoms with van der Waals surface area (Å²) in [6, 6.07) is 8.10. The van der Waals surface area contributed by atoms with Crippen molar-refractivity contribution in [3.8, 4) is 5.69 Å². The standard InChI is InChI=1S/C15H19BrN4O/c1-10(17-2)11-5-6-14(12(16)9-11)20-8-7-13(18-20)15(21)19(3)4/h5-10,17H,1-4H3. The van der Waals surface area contributed by atoms with E-state index in [2.05, 4.69) is 45.4 Å². The third-order valence-corrected chi connectivity index (χ3v) is 4.00. The Labute approximate surface area is 133 Å². The van der Waals surface area contributed by atoms with Crippen LogP contribution in [0.3, 0.4) is 0 Å². The summed E-state index contributed by atoms with van der Waals surface area (Å²) in [5.41, 5.74) is 2.52. The van der Waals surface area contributed by atoms with Crippen LogP contribution in [0.15, 0.2) is 34.9 Å². The first-order valence-electron chi connectivity index (χ1n) is 6.68. The van der Waals surface area contributed by atoms with E-state index in [9.17, 15) is 4.79 Å². The van der Waals surface area contributed by atoms with Crippen LogP contribution in [0.2, 0.25) is 0 Å². The number of halogens is 1. The fraction of sp³-hybridized carbons (Fsp3) is 0.333. The number of hydrogen-bond acceptors (Lipinski definition) is 3. The van der Waals surface area contributed by atoms with E-state index in [0.717, 1.165) is 10.2 Å². The molecule has 0 aliphatic carbocycles. The molecule has 112 valence electrons. The topological polar surface area (TPSA) is 50.2 Å². The van der Waals surface area contributed by atoms with Gasteiger partial charge in [-0.3, -0.25) is 4.79 Å². The Morgan fingerprint density at radius 1 is 1.38 bits per heavy atom. The van der Waals surface area contributed by atoms with Gasteiger partial charge in [-0.1, -0.05) is 6.07 Å². The molecule has 2 rings (SSSR count). The zero-order chi connectivity index (χ0) is 15.6. The van der Waals surface area contributed by atoms with Gasteiger partial charge in [0.25, 0.3) is 5.91 Å². The summed E-state index contributed by atoms with van der Waals surface area (Å²) in [4.78, 5) is 13.4. The third-order valence-electron chi connectivity index (χ3n) is 3.37. The maximum Gasteiger partial charge on any atom is 0.273 e. The summed E-state index contributed by atoms with van der Waals surface area (Å²) in [5, 5.41) is 7.54. The number of rotatable bonds is 4. The summed E-state index contributed by atoms with van der Waals surface area (Å²) < 4.78 is 2.64. The highest BCUT2D eigenvalue weighted by Crippen LogP contribution is 2.25. The van der Waals surface area contributed by atoms with E-state index in [1.807, 2.05) is 13.1 Å². The van der Waals surface area contributed by atoms with Gasteiger partial charge in [0.05, 0.1) is 5.69 Å². The molecule has 1 aromatic heterocycles.